The first-order chi connectivity index (χ1) is 14.0. The summed E-state index contributed by atoms with van der Waals surface area (Å²) in [5.74, 6) is -0.318. The van der Waals surface area contributed by atoms with Gasteiger partial charge in [0.25, 0.3) is 5.91 Å². The molecule has 0 radical (unpaired) electrons. The van der Waals surface area contributed by atoms with Gasteiger partial charge in [0.05, 0.1) is 17.3 Å². The van der Waals surface area contributed by atoms with E-state index in [4.69, 9.17) is 11.6 Å². The maximum absolute atomic E-state index is 13.3. The third-order valence-electron chi connectivity index (χ3n) is 5.45. The molecule has 0 fully saturated rings. The highest BCUT2D eigenvalue weighted by Crippen LogP contribution is 2.26. The van der Waals surface area contributed by atoms with Crippen LogP contribution in [0, 0.1) is 11.7 Å². The minimum absolute atomic E-state index is 0. The summed E-state index contributed by atoms with van der Waals surface area (Å²) in [6.45, 7) is 4.27. The van der Waals surface area contributed by atoms with E-state index in [-0.39, 0.29) is 24.4 Å². The number of urea groups is 1. The average Bonchev–Trinajstić information content (AvgIpc) is 2.98. The minimum atomic E-state index is -0.540. The molecule has 7 nitrogen and oxygen atoms in total. The van der Waals surface area contributed by atoms with Crippen LogP contribution in [0.15, 0.2) is 18.2 Å². The van der Waals surface area contributed by atoms with Gasteiger partial charge in [-0.1, -0.05) is 32.4 Å². The van der Waals surface area contributed by atoms with Crippen LogP contribution in [0.25, 0.3) is 0 Å². The van der Waals surface area contributed by atoms with Crippen LogP contribution < -0.4 is 10.6 Å². The molecule has 0 bridgehead atoms. The van der Waals surface area contributed by atoms with Gasteiger partial charge in [0.1, 0.15) is 11.5 Å². The van der Waals surface area contributed by atoms with Crippen LogP contribution in [-0.2, 0) is 19.5 Å². The summed E-state index contributed by atoms with van der Waals surface area (Å²) in [5, 5.41) is 10.4. The summed E-state index contributed by atoms with van der Waals surface area (Å²) in [6, 6.07) is 3.72. The monoisotopic (exact) mass is 435 g/mol. The largest absolute Gasteiger partial charge is 0.350 e. The molecule has 0 saturated heterocycles. The number of nitrogens with zero attached hydrogens (tertiary/aromatic N) is 3. The topological polar surface area (TPSA) is 79.3 Å². The molecule has 1 unspecified atom stereocenters. The van der Waals surface area contributed by atoms with E-state index in [0.29, 0.717) is 49.9 Å². The maximum Gasteiger partial charge on any atom is 0.322 e. The Morgan fingerprint density at radius 3 is 2.97 bits per heavy atom. The van der Waals surface area contributed by atoms with Crippen LogP contribution >= 0.6 is 11.6 Å². The zero-order valence-electron chi connectivity index (χ0n) is 16.2. The third-order valence-corrected chi connectivity index (χ3v) is 5.74. The lowest BCUT2D eigenvalue weighted by atomic mass is 10.0. The molecule has 162 valence electrons. The Morgan fingerprint density at radius 2 is 2.23 bits per heavy atom. The number of carbonyl (C=O) groups is 2. The van der Waals surface area contributed by atoms with Gasteiger partial charge in [-0.2, -0.15) is 5.10 Å². The van der Waals surface area contributed by atoms with Crippen molar-refractivity contribution in [3.63, 3.8) is 0 Å². The van der Waals surface area contributed by atoms with Crippen molar-refractivity contribution in [3.8, 4) is 0 Å². The van der Waals surface area contributed by atoms with E-state index in [2.05, 4.69) is 22.7 Å². The van der Waals surface area contributed by atoms with E-state index in [9.17, 15) is 14.0 Å². The lowest BCUT2D eigenvalue weighted by molar-refractivity contribution is 0.0945. The molecule has 2 aliphatic rings. The van der Waals surface area contributed by atoms with Crippen LogP contribution in [0.4, 0.5) is 14.9 Å². The summed E-state index contributed by atoms with van der Waals surface area (Å²) in [7, 11) is 0. The van der Waals surface area contributed by atoms with Crippen molar-refractivity contribution < 1.29 is 14.0 Å². The predicted molar refractivity (Wildman–Crippen MR) is 114 cm³/mol. The Labute approximate surface area is 180 Å². The second-order valence-corrected chi connectivity index (χ2v) is 7.96. The number of halogens is 2. The highest BCUT2D eigenvalue weighted by molar-refractivity contribution is 6.31. The summed E-state index contributed by atoms with van der Waals surface area (Å²) >= 11 is 5.79. The molecule has 30 heavy (non-hydrogen) atoms. The number of hydrogen-bond acceptors (Lipinski definition) is 3. The zero-order chi connectivity index (χ0) is 20.5. The molecule has 0 saturated carbocycles. The van der Waals surface area contributed by atoms with Crippen molar-refractivity contribution in [2.75, 3.05) is 18.4 Å². The number of benzene rings is 1. The summed E-state index contributed by atoms with van der Waals surface area (Å²) in [5.41, 5.74) is 2.65. The summed E-state index contributed by atoms with van der Waals surface area (Å²) in [4.78, 5) is 27.0. The Hall–Kier alpha value is -2.61. The van der Waals surface area contributed by atoms with E-state index in [1.807, 2.05) is 4.68 Å². The molecule has 1 aromatic carbocycles. The molecular formula is C21H27ClFN5O2. The number of aromatic nitrogens is 2. The van der Waals surface area contributed by atoms with Crippen molar-refractivity contribution in [2.24, 2.45) is 5.92 Å². The molecule has 2 N–H and O–H groups in total. The molecule has 1 aromatic heterocycles. The van der Waals surface area contributed by atoms with Crippen LogP contribution in [-0.4, -0.2) is 39.7 Å². The number of amides is 3. The van der Waals surface area contributed by atoms with Gasteiger partial charge in [-0.3, -0.25) is 9.48 Å². The molecule has 0 aliphatic carbocycles. The number of rotatable bonds is 3. The fourth-order valence-corrected chi connectivity index (χ4v) is 4.17. The highest BCUT2D eigenvalue weighted by Gasteiger charge is 2.32. The van der Waals surface area contributed by atoms with Gasteiger partial charge in [-0.25, -0.2) is 9.18 Å². The van der Waals surface area contributed by atoms with Crippen LogP contribution in [0.3, 0.4) is 0 Å². The second kappa shape index (κ2) is 9.04. The van der Waals surface area contributed by atoms with Crippen molar-refractivity contribution in [1.29, 1.82) is 0 Å². The van der Waals surface area contributed by atoms with Gasteiger partial charge >= 0.3 is 6.03 Å². The van der Waals surface area contributed by atoms with Crippen molar-refractivity contribution in [2.45, 2.75) is 46.7 Å². The predicted octanol–water partition coefficient (Wildman–Crippen LogP) is 4.06. The quantitative estimate of drug-likeness (QED) is 0.762. The average molecular weight is 436 g/mol. The number of carbonyl (C=O) groups excluding carboxylic acids is 2. The summed E-state index contributed by atoms with van der Waals surface area (Å²) < 4.78 is 15.1. The highest BCUT2D eigenvalue weighted by atomic mass is 35.5. The van der Waals surface area contributed by atoms with Gasteiger partial charge in [0.15, 0.2) is 0 Å². The molecule has 2 aromatic rings. The van der Waals surface area contributed by atoms with Crippen molar-refractivity contribution >= 4 is 29.2 Å². The maximum atomic E-state index is 13.3. The van der Waals surface area contributed by atoms with Gasteiger partial charge in [0.2, 0.25) is 0 Å². The van der Waals surface area contributed by atoms with E-state index in [1.165, 1.54) is 18.2 Å². The molecule has 2 aliphatic heterocycles. The SMILES string of the molecule is C.CCCC1CNC(=O)c2c3c(nn2C1)CCN(C(=O)Nc1ccc(F)c(Cl)c1)C3. The first kappa shape index (κ1) is 22.1. The van der Waals surface area contributed by atoms with E-state index in [1.54, 1.807) is 4.90 Å². The Kier molecular flexibility index (Phi) is 6.65. The van der Waals surface area contributed by atoms with Gasteiger partial charge in [-0.05, 0) is 30.5 Å². The fourth-order valence-electron chi connectivity index (χ4n) is 3.99. The molecule has 0 spiro atoms. The smallest absolute Gasteiger partial charge is 0.322 e. The van der Waals surface area contributed by atoms with Crippen LogP contribution in [0.1, 0.15) is 48.9 Å². The standard InChI is InChI=1S/C20H23ClFN5O2.CH4/c1-2-3-12-9-23-19(28)18-14-11-26(7-6-17(14)25-27(18)10-12)20(29)24-13-4-5-16(22)15(21)8-13;/h4-5,8,12H,2-3,6-7,9-11H2,1H3,(H,23,28)(H,24,29);1H4. The Balaban J connectivity index is 0.00000256. The Bertz CT molecular complexity index is 961. The molecule has 9 heteroatoms. The lowest BCUT2D eigenvalue weighted by Gasteiger charge is -2.27. The fraction of sp³-hybridized carbons (Fsp3) is 0.476. The number of anilines is 1. The molecule has 1 atom stereocenters. The molecular weight excluding hydrogens is 409 g/mol. The third kappa shape index (κ3) is 4.28. The number of nitrogens with one attached hydrogen (secondary N) is 2. The van der Waals surface area contributed by atoms with Gasteiger partial charge < -0.3 is 15.5 Å². The molecule has 4 rings (SSSR count). The zero-order valence-corrected chi connectivity index (χ0v) is 16.9. The second-order valence-electron chi connectivity index (χ2n) is 7.55. The first-order valence-corrected chi connectivity index (χ1v) is 10.2. The van der Waals surface area contributed by atoms with Gasteiger partial charge in [0, 0.05) is 37.3 Å². The molecule has 3 amide bonds. The normalized spacial score (nSPS) is 17.9. The first-order valence-electron chi connectivity index (χ1n) is 9.84. The van der Waals surface area contributed by atoms with Crippen LogP contribution in [0.5, 0.6) is 0 Å². The van der Waals surface area contributed by atoms with Gasteiger partial charge in [-0.15, -0.1) is 0 Å². The summed E-state index contributed by atoms with van der Waals surface area (Å²) in [6.07, 6.45) is 2.66. The molecule has 3 heterocycles. The minimum Gasteiger partial charge on any atom is -0.350 e. The number of hydrogen-bond donors (Lipinski definition) is 2. The van der Waals surface area contributed by atoms with Crippen molar-refractivity contribution in [3.05, 3.63) is 46.0 Å². The Morgan fingerprint density at radius 1 is 1.43 bits per heavy atom. The van der Waals surface area contributed by atoms with E-state index in [0.717, 1.165) is 24.1 Å². The lowest BCUT2D eigenvalue weighted by Crippen LogP contribution is -2.39. The van der Waals surface area contributed by atoms with Crippen LogP contribution in [0.2, 0.25) is 5.02 Å². The van der Waals surface area contributed by atoms with E-state index >= 15 is 0 Å². The number of fused-ring (bicyclic) bond motifs is 3. The van der Waals surface area contributed by atoms with E-state index < -0.39 is 5.82 Å². The van der Waals surface area contributed by atoms with Crippen molar-refractivity contribution in [1.82, 2.24) is 20.0 Å².